The molecule has 1 atom stereocenters. The van der Waals surface area contributed by atoms with Crippen molar-refractivity contribution < 1.29 is 19.4 Å². The summed E-state index contributed by atoms with van der Waals surface area (Å²) in [5.41, 5.74) is -0.370. The summed E-state index contributed by atoms with van der Waals surface area (Å²) in [4.78, 5) is 26.0. The van der Waals surface area contributed by atoms with Gasteiger partial charge >= 0.3 is 5.97 Å². The van der Waals surface area contributed by atoms with Crippen molar-refractivity contribution in [1.82, 2.24) is 4.90 Å². The van der Waals surface area contributed by atoms with Crippen molar-refractivity contribution in [1.29, 1.82) is 0 Å². The number of amides is 1. The van der Waals surface area contributed by atoms with Gasteiger partial charge in [0.2, 0.25) is 0 Å². The number of hydrogen-bond donors (Lipinski definition) is 1. The first-order valence-electron chi connectivity index (χ1n) is 7.18. The number of carbonyl (C=O) groups excluding carboxylic acids is 1. The first-order chi connectivity index (χ1) is 10.3. The van der Waals surface area contributed by atoms with E-state index in [9.17, 15) is 14.7 Å². The second-order valence-electron chi connectivity index (χ2n) is 5.94. The molecule has 0 saturated carbocycles. The quantitative estimate of drug-likeness (QED) is 0.885. The van der Waals surface area contributed by atoms with Crippen molar-refractivity contribution in [3.8, 4) is 5.75 Å². The number of nitrogens with zero attached hydrogens (tertiary/aromatic N) is 1. The van der Waals surface area contributed by atoms with Crippen molar-refractivity contribution in [2.45, 2.75) is 20.3 Å². The topological polar surface area (TPSA) is 66.8 Å². The van der Waals surface area contributed by atoms with Gasteiger partial charge in [0.25, 0.3) is 5.91 Å². The highest BCUT2D eigenvalue weighted by Gasteiger charge is 2.48. The van der Waals surface area contributed by atoms with Crippen molar-refractivity contribution in [3.63, 3.8) is 0 Å². The fourth-order valence-electron chi connectivity index (χ4n) is 2.86. The maximum absolute atomic E-state index is 12.7. The number of carbonyl (C=O) groups is 2. The lowest BCUT2D eigenvalue weighted by Gasteiger charge is -2.28. The van der Waals surface area contributed by atoms with Gasteiger partial charge in [0.05, 0.1) is 18.1 Å². The Bertz CT molecular complexity index is 602. The summed E-state index contributed by atoms with van der Waals surface area (Å²) in [7, 11) is 1.54. The molecule has 1 N–H and O–H groups in total. The van der Waals surface area contributed by atoms with E-state index in [1.165, 1.54) is 0 Å². The Morgan fingerprint density at radius 3 is 2.59 bits per heavy atom. The van der Waals surface area contributed by atoms with E-state index in [1.807, 2.05) is 13.8 Å². The summed E-state index contributed by atoms with van der Waals surface area (Å²) in [6, 6.07) is 5.19. The third-order valence-electron chi connectivity index (χ3n) is 4.52. The van der Waals surface area contributed by atoms with Gasteiger partial charge < -0.3 is 14.7 Å². The molecule has 0 spiro atoms. The molecule has 120 valence electrons. The number of aliphatic carboxylic acids is 1. The maximum Gasteiger partial charge on any atom is 0.311 e. The summed E-state index contributed by atoms with van der Waals surface area (Å²) < 4.78 is 5.83. The van der Waals surface area contributed by atoms with Gasteiger partial charge in [0.1, 0.15) is 5.75 Å². The molecule has 6 heteroatoms. The average molecular weight is 370 g/mol. The van der Waals surface area contributed by atoms with Crippen molar-refractivity contribution in [2.24, 2.45) is 11.3 Å². The number of likely N-dealkylation sites (tertiary alicyclic amines) is 1. The largest absolute Gasteiger partial charge is 0.497 e. The van der Waals surface area contributed by atoms with E-state index in [0.29, 0.717) is 28.8 Å². The highest BCUT2D eigenvalue weighted by atomic mass is 79.9. The molecule has 0 radical (unpaired) electrons. The van der Waals surface area contributed by atoms with Crippen LogP contribution in [0, 0.1) is 11.3 Å². The fourth-order valence-corrected chi connectivity index (χ4v) is 3.28. The Morgan fingerprint density at radius 2 is 2.09 bits per heavy atom. The zero-order valence-corrected chi connectivity index (χ0v) is 14.5. The molecule has 1 aromatic rings. The highest BCUT2D eigenvalue weighted by molar-refractivity contribution is 9.10. The summed E-state index contributed by atoms with van der Waals surface area (Å²) in [5.74, 6) is -0.437. The Morgan fingerprint density at radius 1 is 1.41 bits per heavy atom. The molecule has 0 aliphatic carbocycles. The molecular formula is C16H20BrNO4. The second kappa shape index (κ2) is 6.28. The zero-order chi connectivity index (χ0) is 16.5. The summed E-state index contributed by atoms with van der Waals surface area (Å²) in [6.45, 7) is 4.47. The molecule has 1 heterocycles. The molecule has 0 aromatic heterocycles. The number of ether oxygens (including phenoxy) is 1. The number of methoxy groups -OCH3 is 1. The maximum atomic E-state index is 12.7. The minimum absolute atomic E-state index is 0.0310. The average Bonchev–Trinajstić information content (AvgIpc) is 2.94. The summed E-state index contributed by atoms with van der Waals surface area (Å²) in [5, 5.41) is 9.57. The van der Waals surface area contributed by atoms with E-state index in [1.54, 1.807) is 30.2 Å². The van der Waals surface area contributed by atoms with Crippen LogP contribution in [0.25, 0.3) is 0 Å². The number of benzene rings is 1. The van der Waals surface area contributed by atoms with Gasteiger partial charge in [0.15, 0.2) is 0 Å². The first-order valence-corrected chi connectivity index (χ1v) is 7.97. The van der Waals surface area contributed by atoms with E-state index in [4.69, 9.17) is 4.74 Å². The van der Waals surface area contributed by atoms with E-state index < -0.39 is 11.4 Å². The van der Waals surface area contributed by atoms with Crippen LogP contribution in [0.1, 0.15) is 30.6 Å². The molecule has 1 amide bonds. The zero-order valence-electron chi connectivity index (χ0n) is 12.9. The van der Waals surface area contributed by atoms with Gasteiger partial charge in [-0.05, 0) is 46.5 Å². The molecule has 0 bridgehead atoms. The van der Waals surface area contributed by atoms with Gasteiger partial charge in [-0.1, -0.05) is 13.8 Å². The molecule has 2 rings (SSSR count). The molecule has 1 fully saturated rings. The predicted octanol–water partition coefficient (Wildman–Crippen LogP) is 3.03. The van der Waals surface area contributed by atoms with Crippen LogP contribution in [0.3, 0.4) is 0 Å². The van der Waals surface area contributed by atoms with Gasteiger partial charge in [-0.3, -0.25) is 9.59 Å². The smallest absolute Gasteiger partial charge is 0.311 e. The Kier molecular flexibility index (Phi) is 4.80. The first kappa shape index (κ1) is 16.8. The van der Waals surface area contributed by atoms with Crippen LogP contribution in [-0.4, -0.2) is 42.1 Å². The van der Waals surface area contributed by atoms with Crippen LogP contribution in [0.4, 0.5) is 0 Å². The summed E-state index contributed by atoms with van der Waals surface area (Å²) in [6.07, 6.45) is 0.479. The van der Waals surface area contributed by atoms with Crippen LogP contribution in [0.15, 0.2) is 22.7 Å². The standard InChI is InChI=1S/C16H20BrNO4/c1-10(2)16(15(20)21)6-7-18(9-16)14(19)12-8-11(22-3)4-5-13(12)17/h4-5,8,10H,6-7,9H2,1-3H3,(H,20,21). The number of halogens is 1. The molecule has 1 aromatic carbocycles. The molecule has 5 nitrogen and oxygen atoms in total. The highest BCUT2D eigenvalue weighted by Crippen LogP contribution is 2.39. The van der Waals surface area contributed by atoms with Gasteiger partial charge in [-0.2, -0.15) is 0 Å². The predicted molar refractivity (Wildman–Crippen MR) is 86.1 cm³/mol. The lowest BCUT2D eigenvalue weighted by Crippen LogP contribution is -2.40. The Hall–Kier alpha value is -1.56. The van der Waals surface area contributed by atoms with Crippen LogP contribution < -0.4 is 4.74 Å². The fraction of sp³-hybridized carbons (Fsp3) is 0.500. The molecule has 1 unspecified atom stereocenters. The van der Waals surface area contributed by atoms with Crippen LogP contribution in [-0.2, 0) is 4.79 Å². The second-order valence-corrected chi connectivity index (χ2v) is 6.79. The molecular weight excluding hydrogens is 350 g/mol. The Labute approximate surface area is 138 Å². The van der Waals surface area contributed by atoms with Crippen molar-refractivity contribution in [2.75, 3.05) is 20.2 Å². The molecule has 22 heavy (non-hydrogen) atoms. The van der Waals surface area contributed by atoms with Gasteiger partial charge in [-0.25, -0.2) is 0 Å². The lowest BCUT2D eigenvalue weighted by atomic mass is 9.76. The third-order valence-corrected chi connectivity index (χ3v) is 5.21. The Balaban J connectivity index is 2.27. The molecule has 1 aliphatic heterocycles. The van der Waals surface area contributed by atoms with Gasteiger partial charge in [-0.15, -0.1) is 0 Å². The minimum Gasteiger partial charge on any atom is -0.497 e. The van der Waals surface area contributed by atoms with Crippen LogP contribution in [0.5, 0.6) is 5.75 Å². The van der Waals surface area contributed by atoms with Crippen LogP contribution in [0.2, 0.25) is 0 Å². The van der Waals surface area contributed by atoms with Gasteiger partial charge in [0, 0.05) is 17.6 Å². The number of carboxylic acid groups (broad SMARTS) is 1. The van der Waals surface area contributed by atoms with Crippen molar-refractivity contribution in [3.05, 3.63) is 28.2 Å². The number of hydrogen-bond acceptors (Lipinski definition) is 3. The monoisotopic (exact) mass is 369 g/mol. The van der Waals surface area contributed by atoms with E-state index >= 15 is 0 Å². The van der Waals surface area contributed by atoms with Crippen LogP contribution >= 0.6 is 15.9 Å². The lowest BCUT2D eigenvalue weighted by molar-refractivity contribution is -0.150. The molecule has 1 saturated heterocycles. The number of carboxylic acids is 1. The summed E-state index contributed by atoms with van der Waals surface area (Å²) >= 11 is 3.37. The number of rotatable bonds is 4. The van der Waals surface area contributed by atoms with E-state index in [0.717, 1.165) is 0 Å². The van der Waals surface area contributed by atoms with E-state index in [2.05, 4.69) is 15.9 Å². The van der Waals surface area contributed by atoms with E-state index in [-0.39, 0.29) is 18.4 Å². The third kappa shape index (κ3) is 2.84. The SMILES string of the molecule is COc1ccc(Br)c(C(=O)N2CCC(C(=O)O)(C(C)C)C2)c1. The normalized spacial score (nSPS) is 21.2. The minimum atomic E-state index is -0.860. The molecule has 1 aliphatic rings. The van der Waals surface area contributed by atoms with Crippen molar-refractivity contribution >= 4 is 27.8 Å².